The molecule has 0 aliphatic carbocycles. The first-order valence-corrected chi connectivity index (χ1v) is 8.42. The standard InChI is InChI=1S/C18H32N2O/c1-4-5-6-7-8-15-21-18-11-9-17(10-12-18)20-14-13-19-16(2)3/h9-12,16,19-20H,4-8,13-15H2,1-3H3. The molecule has 0 aliphatic rings. The van der Waals surface area contributed by atoms with Gasteiger partial charge in [-0.2, -0.15) is 0 Å². The van der Waals surface area contributed by atoms with Gasteiger partial charge in [-0.15, -0.1) is 0 Å². The molecule has 2 N–H and O–H groups in total. The Hall–Kier alpha value is -1.22. The highest BCUT2D eigenvalue weighted by Gasteiger charge is 1.96. The van der Waals surface area contributed by atoms with Gasteiger partial charge in [-0.05, 0) is 30.7 Å². The second kappa shape index (κ2) is 11.4. The normalized spacial score (nSPS) is 10.9. The van der Waals surface area contributed by atoms with Gasteiger partial charge in [0.25, 0.3) is 0 Å². The number of benzene rings is 1. The van der Waals surface area contributed by atoms with Crippen LogP contribution in [0.4, 0.5) is 5.69 Å². The molecule has 1 rings (SSSR count). The lowest BCUT2D eigenvalue weighted by molar-refractivity contribution is 0.304. The first-order chi connectivity index (χ1) is 10.2. The van der Waals surface area contributed by atoms with Crippen molar-refractivity contribution in [2.24, 2.45) is 0 Å². The number of rotatable bonds is 12. The Bertz CT molecular complexity index is 349. The average molecular weight is 292 g/mol. The second-order valence-corrected chi connectivity index (χ2v) is 5.82. The molecule has 0 bridgehead atoms. The lowest BCUT2D eigenvalue weighted by Crippen LogP contribution is -2.28. The highest BCUT2D eigenvalue weighted by molar-refractivity contribution is 5.46. The summed E-state index contributed by atoms with van der Waals surface area (Å²) in [5.41, 5.74) is 1.15. The molecule has 3 nitrogen and oxygen atoms in total. The number of unbranched alkanes of at least 4 members (excludes halogenated alkanes) is 4. The molecule has 0 unspecified atom stereocenters. The maximum absolute atomic E-state index is 5.76. The first-order valence-electron chi connectivity index (χ1n) is 8.42. The molecule has 0 saturated heterocycles. The molecule has 0 heterocycles. The Balaban J connectivity index is 2.12. The molecule has 0 aromatic heterocycles. The summed E-state index contributed by atoms with van der Waals surface area (Å²) >= 11 is 0. The number of nitrogens with one attached hydrogen (secondary N) is 2. The van der Waals surface area contributed by atoms with Gasteiger partial charge in [0.2, 0.25) is 0 Å². The van der Waals surface area contributed by atoms with E-state index in [1.807, 2.05) is 12.1 Å². The number of hydrogen-bond donors (Lipinski definition) is 2. The Morgan fingerprint density at radius 1 is 0.952 bits per heavy atom. The van der Waals surface area contributed by atoms with Crippen molar-refractivity contribution in [3.8, 4) is 5.75 Å². The molecule has 1 aromatic carbocycles. The van der Waals surface area contributed by atoms with Gasteiger partial charge >= 0.3 is 0 Å². The zero-order chi connectivity index (χ0) is 15.3. The quantitative estimate of drug-likeness (QED) is 0.559. The third-order valence-electron chi connectivity index (χ3n) is 3.38. The third-order valence-corrected chi connectivity index (χ3v) is 3.38. The second-order valence-electron chi connectivity index (χ2n) is 5.82. The van der Waals surface area contributed by atoms with Crippen molar-refractivity contribution < 1.29 is 4.74 Å². The fourth-order valence-electron chi connectivity index (χ4n) is 2.13. The van der Waals surface area contributed by atoms with Crippen LogP contribution >= 0.6 is 0 Å². The summed E-state index contributed by atoms with van der Waals surface area (Å²) in [6, 6.07) is 8.80. The molecule has 1 aromatic rings. The number of hydrogen-bond acceptors (Lipinski definition) is 3. The van der Waals surface area contributed by atoms with E-state index in [1.54, 1.807) is 0 Å². The van der Waals surface area contributed by atoms with Crippen molar-refractivity contribution in [2.75, 3.05) is 25.0 Å². The molecule has 0 radical (unpaired) electrons. The summed E-state index contributed by atoms with van der Waals surface area (Å²) in [4.78, 5) is 0. The predicted molar refractivity (Wildman–Crippen MR) is 92.3 cm³/mol. The first kappa shape index (κ1) is 17.8. The fraction of sp³-hybridized carbons (Fsp3) is 0.667. The highest BCUT2D eigenvalue weighted by atomic mass is 16.5. The lowest BCUT2D eigenvalue weighted by atomic mass is 10.2. The minimum Gasteiger partial charge on any atom is -0.494 e. The van der Waals surface area contributed by atoms with Crippen molar-refractivity contribution in [1.29, 1.82) is 0 Å². The van der Waals surface area contributed by atoms with Crippen LogP contribution in [-0.4, -0.2) is 25.7 Å². The van der Waals surface area contributed by atoms with Crippen LogP contribution < -0.4 is 15.4 Å². The molecule has 0 aliphatic heterocycles. The largest absolute Gasteiger partial charge is 0.494 e. The van der Waals surface area contributed by atoms with Crippen LogP contribution in [0.5, 0.6) is 5.75 Å². The number of ether oxygens (including phenoxy) is 1. The predicted octanol–water partition coefficient (Wildman–Crippen LogP) is 4.45. The van der Waals surface area contributed by atoms with Crippen LogP contribution in [0.2, 0.25) is 0 Å². The van der Waals surface area contributed by atoms with Gasteiger partial charge in [0.05, 0.1) is 6.61 Å². The summed E-state index contributed by atoms with van der Waals surface area (Å²) in [5.74, 6) is 0.969. The summed E-state index contributed by atoms with van der Waals surface area (Å²) in [6.45, 7) is 9.31. The summed E-state index contributed by atoms with van der Waals surface area (Å²) < 4.78 is 5.76. The number of anilines is 1. The van der Waals surface area contributed by atoms with Gasteiger partial charge in [-0.3, -0.25) is 0 Å². The van der Waals surface area contributed by atoms with E-state index in [0.29, 0.717) is 6.04 Å². The SMILES string of the molecule is CCCCCCCOc1ccc(NCCNC(C)C)cc1. The topological polar surface area (TPSA) is 33.3 Å². The molecule has 0 amide bonds. The zero-order valence-corrected chi connectivity index (χ0v) is 14.0. The van der Waals surface area contributed by atoms with Gasteiger partial charge in [-0.1, -0.05) is 46.5 Å². The van der Waals surface area contributed by atoms with E-state index in [4.69, 9.17) is 4.74 Å². The van der Waals surface area contributed by atoms with Gasteiger partial charge in [0.15, 0.2) is 0 Å². The lowest BCUT2D eigenvalue weighted by Gasteiger charge is -2.11. The molecule has 0 atom stereocenters. The van der Waals surface area contributed by atoms with Crippen LogP contribution in [0.15, 0.2) is 24.3 Å². The van der Waals surface area contributed by atoms with Gasteiger partial charge in [0, 0.05) is 24.8 Å². The Morgan fingerprint density at radius 2 is 1.67 bits per heavy atom. The fourth-order valence-corrected chi connectivity index (χ4v) is 2.13. The van der Waals surface area contributed by atoms with Crippen molar-refractivity contribution >= 4 is 5.69 Å². The van der Waals surface area contributed by atoms with E-state index < -0.39 is 0 Å². The van der Waals surface area contributed by atoms with E-state index in [9.17, 15) is 0 Å². The minimum absolute atomic E-state index is 0.542. The van der Waals surface area contributed by atoms with Crippen LogP contribution in [0.1, 0.15) is 52.9 Å². The van der Waals surface area contributed by atoms with Crippen molar-refractivity contribution in [3.63, 3.8) is 0 Å². The Morgan fingerprint density at radius 3 is 2.33 bits per heavy atom. The Kier molecular flexibility index (Phi) is 9.71. The molecule has 0 saturated carbocycles. The maximum atomic E-state index is 5.76. The third kappa shape index (κ3) is 9.35. The average Bonchev–Trinajstić information content (AvgIpc) is 2.48. The molecular formula is C18H32N2O. The minimum atomic E-state index is 0.542. The van der Waals surface area contributed by atoms with E-state index in [2.05, 4.69) is 43.5 Å². The van der Waals surface area contributed by atoms with Crippen LogP contribution in [0.25, 0.3) is 0 Å². The molecule has 0 spiro atoms. The molecule has 3 heteroatoms. The Labute approximate surface area is 130 Å². The summed E-state index contributed by atoms with van der Waals surface area (Å²) in [5, 5.41) is 6.79. The van der Waals surface area contributed by atoms with Gasteiger partial charge in [-0.25, -0.2) is 0 Å². The van der Waals surface area contributed by atoms with E-state index in [1.165, 1.54) is 25.7 Å². The van der Waals surface area contributed by atoms with Crippen LogP contribution in [-0.2, 0) is 0 Å². The monoisotopic (exact) mass is 292 g/mol. The molecule has 120 valence electrons. The molecule has 21 heavy (non-hydrogen) atoms. The van der Waals surface area contributed by atoms with Gasteiger partial charge < -0.3 is 15.4 Å². The van der Waals surface area contributed by atoms with Gasteiger partial charge in [0.1, 0.15) is 5.75 Å². The van der Waals surface area contributed by atoms with E-state index in [-0.39, 0.29) is 0 Å². The van der Waals surface area contributed by atoms with Crippen LogP contribution in [0.3, 0.4) is 0 Å². The highest BCUT2D eigenvalue weighted by Crippen LogP contribution is 2.16. The van der Waals surface area contributed by atoms with E-state index >= 15 is 0 Å². The van der Waals surface area contributed by atoms with Crippen LogP contribution in [0, 0.1) is 0 Å². The zero-order valence-electron chi connectivity index (χ0n) is 14.0. The smallest absolute Gasteiger partial charge is 0.119 e. The van der Waals surface area contributed by atoms with Crippen molar-refractivity contribution in [1.82, 2.24) is 5.32 Å². The maximum Gasteiger partial charge on any atom is 0.119 e. The molecule has 0 fully saturated rings. The summed E-state index contributed by atoms with van der Waals surface area (Å²) in [6.07, 6.45) is 6.39. The van der Waals surface area contributed by atoms with Crippen molar-refractivity contribution in [2.45, 2.75) is 58.9 Å². The van der Waals surface area contributed by atoms with E-state index in [0.717, 1.165) is 37.6 Å². The van der Waals surface area contributed by atoms with Crippen molar-refractivity contribution in [3.05, 3.63) is 24.3 Å². The summed E-state index contributed by atoms with van der Waals surface area (Å²) in [7, 11) is 0. The molecular weight excluding hydrogens is 260 g/mol.